The summed E-state index contributed by atoms with van der Waals surface area (Å²) in [7, 11) is 1.71. The van der Waals surface area contributed by atoms with Crippen LogP contribution < -0.4 is 9.47 Å². The van der Waals surface area contributed by atoms with Gasteiger partial charge in [0.05, 0.1) is 12.7 Å². The van der Waals surface area contributed by atoms with E-state index < -0.39 is 0 Å². The van der Waals surface area contributed by atoms with E-state index in [-0.39, 0.29) is 11.4 Å². The first-order chi connectivity index (χ1) is 14.1. The zero-order valence-corrected chi connectivity index (χ0v) is 16.7. The smallest absolute Gasteiger partial charge is 0.343 e. The van der Waals surface area contributed by atoms with Crippen LogP contribution in [0.4, 0.5) is 0 Å². The lowest BCUT2D eigenvalue weighted by atomic mass is 9.48. The van der Waals surface area contributed by atoms with Crippen LogP contribution in [0.2, 0.25) is 0 Å². The van der Waals surface area contributed by atoms with Crippen molar-refractivity contribution in [2.45, 2.75) is 43.9 Å². The van der Waals surface area contributed by atoms with Crippen molar-refractivity contribution in [3.05, 3.63) is 59.2 Å². The summed E-state index contributed by atoms with van der Waals surface area (Å²) in [6.07, 6.45) is 8.52. The van der Waals surface area contributed by atoms with Gasteiger partial charge in [0, 0.05) is 11.1 Å². The number of rotatable bonds is 5. The Morgan fingerprint density at radius 2 is 1.59 bits per heavy atom. The van der Waals surface area contributed by atoms with E-state index in [1.807, 2.05) is 12.1 Å². The molecule has 0 unspecified atom stereocenters. The lowest BCUT2D eigenvalue weighted by Gasteiger charge is -2.57. The minimum atomic E-state index is -0.377. The quantitative estimate of drug-likeness (QED) is 0.400. The monoisotopic (exact) mass is 390 g/mol. The van der Waals surface area contributed by atoms with Crippen molar-refractivity contribution in [1.82, 2.24) is 0 Å². The highest BCUT2D eigenvalue weighted by Gasteiger charge is 2.52. The topological polar surface area (TPSA) is 52.6 Å². The summed E-state index contributed by atoms with van der Waals surface area (Å²) in [6.45, 7) is 0. The molecule has 0 aliphatic heterocycles. The maximum Gasteiger partial charge on any atom is 0.343 e. The first-order valence-electron chi connectivity index (χ1n) is 10.5. The van der Waals surface area contributed by atoms with E-state index in [1.165, 1.54) is 44.1 Å². The Morgan fingerprint density at radius 3 is 2.14 bits per heavy atom. The molecule has 0 spiro atoms. The zero-order chi connectivity index (χ0) is 20.0. The highest BCUT2D eigenvalue weighted by atomic mass is 16.5. The second kappa shape index (κ2) is 7.01. The number of benzene rings is 2. The number of carbonyl (C=O) groups excluding carboxylic acids is 2. The molecule has 4 bridgehead atoms. The van der Waals surface area contributed by atoms with Gasteiger partial charge in [0.1, 0.15) is 17.8 Å². The van der Waals surface area contributed by atoms with Crippen LogP contribution in [0.3, 0.4) is 0 Å². The number of carbonyl (C=O) groups is 2. The third-order valence-corrected chi connectivity index (χ3v) is 7.27. The van der Waals surface area contributed by atoms with Crippen LogP contribution in [-0.2, 0) is 5.41 Å². The molecule has 2 aromatic carbocycles. The molecule has 0 aromatic heterocycles. The summed E-state index contributed by atoms with van der Waals surface area (Å²) in [5.74, 6) is 3.40. The minimum absolute atomic E-state index is 0.141. The van der Waals surface area contributed by atoms with Gasteiger partial charge in [0.25, 0.3) is 0 Å². The summed E-state index contributed by atoms with van der Waals surface area (Å²) in [4.78, 5) is 23.6. The van der Waals surface area contributed by atoms with Gasteiger partial charge < -0.3 is 9.47 Å². The van der Waals surface area contributed by atoms with Crippen molar-refractivity contribution >= 4 is 12.3 Å². The van der Waals surface area contributed by atoms with Gasteiger partial charge in [-0.3, -0.25) is 4.79 Å². The highest BCUT2D eigenvalue weighted by molar-refractivity contribution is 5.91. The molecule has 4 aliphatic rings. The van der Waals surface area contributed by atoms with Crippen molar-refractivity contribution in [2.75, 3.05) is 7.11 Å². The molecule has 0 heterocycles. The largest absolute Gasteiger partial charge is 0.496 e. The summed E-state index contributed by atoms with van der Waals surface area (Å²) < 4.78 is 11.3. The Kier molecular flexibility index (Phi) is 4.45. The average Bonchev–Trinajstić information content (AvgIpc) is 2.73. The predicted molar refractivity (Wildman–Crippen MR) is 110 cm³/mol. The van der Waals surface area contributed by atoms with Crippen molar-refractivity contribution in [2.24, 2.45) is 17.8 Å². The van der Waals surface area contributed by atoms with E-state index in [9.17, 15) is 9.59 Å². The molecule has 150 valence electrons. The van der Waals surface area contributed by atoms with Crippen LogP contribution >= 0.6 is 0 Å². The van der Waals surface area contributed by atoms with Gasteiger partial charge in [-0.15, -0.1) is 0 Å². The number of esters is 1. The molecule has 4 heteroatoms. The van der Waals surface area contributed by atoms with Gasteiger partial charge in [-0.1, -0.05) is 0 Å². The Morgan fingerprint density at radius 1 is 0.966 bits per heavy atom. The SMILES string of the molecule is COc1ccc(C(=O)Oc2ccc(C=O)cc2)cc1C12CC3CC(CC(C3)C1)C2. The average molecular weight is 390 g/mol. The number of methoxy groups -OCH3 is 1. The molecular weight excluding hydrogens is 364 g/mol. The molecule has 2 aromatic rings. The van der Waals surface area contributed by atoms with Crippen molar-refractivity contribution in [3.63, 3.8) is 0 Å². The van der Waals surface area contributed by atoms with Crippen molar-refractivity contribution in [3.8, 4) is 11.5 Å². The maximum atomic E-state index is 12.8. The van der Waals surface area contributed by atoms with Crippen molar-refractivity contribution in [1.29, 1.82) is 0 Å². The molecule has 6 rings (SSSR count). The molecule has 0 radical (unpaired) electrons. The van der Waals surface area contributed by atoms with E-state index in [1.54, 1.807) is 37.4 Å². The summed E-state index contributed by atoms with van der Waals surface area (Å²) >= 11 is 0. The Balaban J connectivity index is 1.45. The van der Waals surface area contributed by atoms with Crippen LogP contribution in [-0.4, -0.2) is 19.4 Å². The first-order valence-corrected chi connectivity index (χ1v) is 10.5. The molecule has 4 saturated carbocycles. The van der Waals surface area contributed by atoms with E-state index in [0.29, 0.717) is 16.9 Å². The zero-order valence-electron chi connectivity index (χ0n) is 16.7. The molecular formula is C25H26O4. The molecule has 4 nitrogen and oxygen atoms in total. The Labute approximate surface area is 171 Å². The normalized spacial score (nSPS) is 29.5. The van der Waals surface area contributed by atoms with E-state index in [2.05, 4.69) is 0 Å². The van der Waals surface area contributed by atoms with E-state index in [4.69, 9.17) is 9.47 Å². The molecule has 4 aliphatic carbocycles. The second-order valence-electron chi connectivity index (χ2n) is 9.19. The fraction of sp³-hybridized carbons (Fsp3) is 0.440. The van der Waals surface area contributed by atoms with Crippen LogP contribution in [0, 0.1) is 17.8 Å². The number of hydrogen-bond acceptors (Lipinski definition) is 4. The summed E-state index contributed by atoms with van der Waals surface area (Å²) in [5.41, 5.74) is 2.43. The van der Waals surface area contributed by atoms with Crippen LogP contribution in [0.5, 0.6) is 11.5 Å². The highest BCUT2D eigenvalue weighted by Crippen LogP contribution is 2.61. The van der Waals surface area contributed by atoms with Crippen LogP contribution in [0.25, 0.3) is 0 Å². The van der Waals surface area contributed by atoms with Crippen molar-refractivity contribution < 1.29 is 19.1 Å². The van der Waals surface area contributed by atoms with Gasteiger partial charge in [0.2, 0.25) is 0 Å². The lowest BCUT2D eigenvalue weighted by Crippen LogP contribution is -2.48. The van der Waals surface area contributed by atoms with Gasteiger partial charge >= 0.3 is 5.97 Å². The number of hydrogen-bond donors (Lipinski definition) is 0. The predicted octanol–water partition coefficient (Wildman–Crippen LogP) is 5.19. The molecule has 29 heavy (non-hydrogen) atoms. The maximum absolute atomic E-state index is 12.8. The molecule has 0 N–H and O–H groups in total. The lowest BCUT2D eigenvalue weighted by molar-refractivity contribution is -0.00618. The van der Waals surface area contributed by atoms with E-state index in [0.717, 1.165) is 29.8 Å². The molecule has 0 atom stereocenters. The standard InChI is InChI=1S/C25H26O4/c1-28-23-7-4-20(24(27)29-21-5-2-16(15-26)3-6-21)11-22(23)25-12-17-8-18(13-25)10-19(9-17)14-25/h2-7,11,15,17-19H,8-10,12-14H2,1H3. The number of aldehydes is 1. The van der Waals surface area contributed by atoms with Crippen LogP contribution in [0.1, 0.15) is 64.8 Å². The summed E-state index contributed by atoms with van der Waals surface area (Å²) in [6, 6.07) is 12.3. The minimum Gasteiger partial charge on any atom is -0.496 e. The van der Waals surface area contributed by atoms with Gasteiger partial charge in [-0.2, -0.15) is 0 Å². The number of ether oxygens (including phenoxy) is 2. The van der Waals surface area contributed by atoms with Crippen LogP contribution in [0.15, 0.2) is 42.5 Å². The second-order valence-corrected chi connectivity index (χ2v) is 9.19. The van der Waals surface area contributed by atoms with Gasteiger partial charge in [-0.25, -0.2) is 4.79 Å². The van der Waals surface area contributed by atoms with E-state index >= 15 is 0 Å². The van der Waals surface area contributed by atoms with Gasteiger partial charge in [-0.05, 0) is 104 Å². The van der Waals surface area contributed by atoms with Gasteiger partial charge in [0.15, 0.2) is 0 Å². The third-order valence-electron chi connectivity index (χ3n) is 7.27. The Hall–Kier alpha value is -2.62. The molecule has 0 amide bonds. The fourth-order valence-corrected chi connectivity index (χ4v) is 6.47. The molecule has 0 saturated heterocycles. The summed E-state index contributed by atoms with van der Waals surface area (Å²) in [5, 5.41) is 0. The Bertz CT molecular complexity index is 909. The fourth-order valence-electron chi connectivity index (χ4n) is 6.47. The third kappa shape index (κ3) is 3.25. The first kappa shape index (κ1) is 18.4. The molecule has 4 fully saturated rings.